The Morgan fingerprint density at radius 1 is 1.50 bits per heavy atom. The molecular weight excluding hydrogens is 250 g/mol. The SMILES string of the molecule is CCNC(c1cn(C)cn1)C1CCOC2(CCCC2)C1. The molecule has 4 nitrogen and oxygen atoms in total. The zero-order valence-electron chi connectivity index (χ0n) is 12.8. The average Bonchev–Trinajstić information content (AvgIpc) is 3.06. The number of nitrogens with zero attached hydrogens (tertiary/aromatic N) is 2. The highest BCUT2D eigenvalue weighted by Crippen LogP contribution is 2.45. The molecule has 0 amide bonds. The molecule has 1 saturated carbocycles. The van der Waals surface area contributed by atoms with Crippen LogP contribution in [-0.4, -0.2) is 28.3 Å². The van der Waals surface area contributed by atoms with Crippen molar-refractivity contribution < 1.29 is 4.74 Å². The van der Waals surface area contributed by atoms with Crippen LogP contribution < -0.4 is 5.32 Å². The lowest BCUT2D eigenvalue weighted by atomic mass is 9.79. The minimum Gasteiger partial charge on any atom is -0.375 e. The van der Waals surface area contributed by atoms with Gasteiger partial charge in [-0.3, -0.25) is 0 Å². The number of aromatic nitrogens is 2. The molecule has 1 aromatic rings. The molecule has 20 heavy (non-hydrogen) atoms. The molecule has 0 aromatic carbocycles. The molecule has 2 heterocycles. The summed E-state index contributed by atoms with van der Waals surface area (Å²) in [5.41, 5.74) is 1.38. The molecule has 2 fully saturated rings. The predicted molar refractivity (Wildman–Crippen MR) is 79.5 cm³/mol. The van der Waals surface area contributed by atoms with E-state index in [-0.39, 0.29) is 5.60 Å². The van der Waals surface area contributed by atoms with Gasteiger partial charge in [-0.1, -0.05) is 19.8 Å². The fourth-order valence-electron chi connectivity index (χ4n) is 4.04. The first kappa shape index (κ1) is 14.1. The maximum absolute atomic E-state index is 6.17. The van der Waals surface area contributed by atoms with Crippen LogP contribution in [0.1, 0.15) is 57.2 Å². The number of ether oxygens (including phenoxy) is 1. The van der Waals surface area contributed by atoms with Crippen LogP contribution in [0.4, 0.5) is 0 Å². The molecule has 0 radical (unpaired) electrons. The Labute approximate surface area is 121 Å². The van der Waals surface area contributed by atoms with Gasteiger partial charge in [-0.25, -0.2) is 4.98 Å². The van der Waals surface area contributed by atoms with Crippen molar-refractivity contribution in [2.24, 2.45) is 13.0 Å². The zero-order valence-corrected chi connectivity index (χ0v) is 12.8. The maximum Gasteiger partial charge on any atom is 0.0947 e. The van der Waals surface area contributed by atoms with Gasteiger partial charge in [0, 0.05) is 19.9 Å². The van der Waals surface area contributed by atoms with E-state index in [0.717, 1.165) is 19.6 Å². The Hall–Kier alpha value is -0.870. The van der Waals surface area contributed by atoms with Crippen LogP contribution in [0.25, 0.3) is 0 Å². The normalized spacial score (nSPS) is 27.0. The van der Waals surface area contributed by atoms with Crippen LogP contribution in [0.3, 0.4) is 0 Å². The van der Waals surface area contributed by atoms with E-state index in [4.69, 9.17) is 4.74 Å². The van der Waals surface area contributed by atoms with E-state index in [9.17, 15) is 0 Å². The number of aryl methyl sites for hydroxylation is 1. The second-order valence-corrected chi connectivity index (χ2v) is 6.49. The number of nitrogens with one attached hydrogen (secondary N) is 1. The fraction of sp³-hybridized carbons (Fsp3) is 0.812. The van der Waals surface area contributed by atoms with Gasteiger partial charge < -0.3 is 14.6 Å². The smallest absolute Gasteiger partial charge is 0.0947 e. The molecule has 3 rings (SSSR count). The third-order valence-electron chi connectivity index (χ3n) is 4.98. The minimum atomic E-state index is 0.186. The van der Waals surface area contributed by atoms with Crippen LogP contribution >= 0.6 is 0 Å². The maximum atomic E-state index is 6.17. The molecule has 1 spiro atoms. The monoisotopic (exact) mass is 277 g/mol. The van der Waals surface area contributed by atoms with Crippen molar-refractivity contribution >= 4 is 0 Å². The number of rotatable bonds is 4. The van der Waals surface area contributed by atoms with Crippen LogP contribution in [-0.2, 0) is 11.8 Å². The first-order valence-corrected chi connectivity index (χ1v) is 8.08. The van der Waals surface area contributed by atoms with Gasteiger partial charge >= 0.3 is 0 Å². The van der Waals surface area contributed by atoms with E-state index < -0.39 is 0 Å². The lowest BCUT2D eigenvalue weighted by Gasteiger charge is -2.41. The highest BCUT2D eigenvalue weighted by Gasteiger charge is 2.42. The molecule has 2 atom stereocenters. The molecule has 112 valence electrons. The number of imidazole rings is 1. The third kappa shape index (κ3) is 2.77. The second-order valence-electron chi connectivity index (χ2n) is 6.49. The zero-order chi connectivity index (χ0) is 14.0. The summed E-state index contributed by atoms with van der Waals surface area (Å²) in [6.07, 6.45) is 11.6. The Bertz CT molecular complexity index is 437. The van der Waals surface area contributed by atoms with E-state index in [1.807, 2.05) is 17.9 Å². The second kappa shape index (κ2) is 5.86. The van der Waals surface area contributed by atoms with Crippen molar-refractivity contribution in [1.29, 1.82) is 0 Å². The summed E-state index contributed by atoms with van der Waals surface area (Å²) in [6, 6.07) is 0.377. The van der Waals surface area contributed by atoms with E-state index in [2.05, 4.69) is 23.4 Å². The molecular formula is C16H27N3O. The standard InChI is InChI=1S/C16H27N3O/c1-3-17-15(14-11-19(2)12-18-14)13-6-9-20-16(10-13)7-4-5-8-16/h11-13,15,17H,3-10H2,1-2H3. The van der Waals surface area contributed by atoms with Crippen molar-refractivity contribution in [2.45, 2.75) is 57.1 Å². The van der Waals surface area contributed by atoms with Crippen LogP contribution in [0.2, 0.25) is 0 Å². The minimum absolute atomic E-state index is 0.186. The van der Waals surface area contributed by atoms with Gasteiger partial charge in [0.15, 0.2) is 0 Å². The van der Waals surface area contributed by atoms with Crippen LogP contribution in [0.15, 0.2) is 12.5 Å². The molecule has 1 N–H and O–H groups in total. The van der Waals surface area contributed by atoms with Gasteiger partial charge in [-0.15, -0.1) is 0 Å². The summed E-state index contributed by atoms with van der Waals surface area (Å²) in [5.74, 6) is 0.650. The van der Waals surface area contributed by atoms with Crippen molar-refractivity contribution in [3.63, 3.8) is 0 Å². The molecule has 1 saturated heterocycles. The van der Waals surface area contributed by atoms with Gasteiger partial charge in [0.2, 0.25) is 0 Å². The van der Waals surface area contributed by atoms with Crippen LogP contribution in [0.5, 0.6) is 0 Å². The molecule has 1 aliphatic carbocycles. The van der Waals surface area contributed by atoms with Gasteiger partial charge in [-0.05, 0) is 38.1 Å². The van der Waals surface area contributed by atoms with E-state index >= 15 is 0 Å². The summed E-state index contributed by atoms with van der Waals surface area (Å²) in [5, 5.41) is 3.66. The predicted octanol–water partition coefficient (Wildman–Crippen LogP) is 2.81. The Balaban J connectivity index is 1.76. The summed E-state index contributed by atoms with van der Waals surface area (Å²) in [7, 11) is 2.04. The van der Waals surface area contributed by atoms with Gasteiger partial charge in [0.05, 0.1) is 23.7 Å². The Morgan fingerprint density at radius 3 is 2.95 bits per heavy atom. The lowest BCUT2D eigenvalue weighted by Crippen LogP contribution is -2.42. The van der Waals surface area contributed by atoms with E-state index in [1.165, 1.54) is 37.8 Å². The van der Waals surface area contributed by atoms with Gasteiger partial charge in [0.1, 0.15) is 0 Å². The van der Waals surface area contributed by atoms with Crippen molar-refractivity contribution in [1.82, 2.24) is 14.9 Å². The molecule has 2 aliphatic rings. The molecule has 4 heteroatoms. The van der Waals surface area contributed by atoms with Crippen molar-refractivity contribution in [3.8, 4) is 0 Å². The van der Waals surface area contributed by atoms with E-state index in [1.54, 1.807) is 0 Å². The number of hydrogen-bond acceptors (Lipinski definition) is 3. The fourth-order valence-corrected chi connectivity index (χ4v) is 4.04. The Morgan fingerprint density at radius 2 is 2.30 bits per heavy atom. The van der Waals surface area contributed by atoms with Gasteiger partial charge in [-0.2, -0.15) is 0 Å². The molecule has 1 aliphatic heterocycles. The van der Waals surface area contributed by atoms with Crippen molar-refractivity contribution in [3.05, 3.63) is 18.2 Å². The average molecular weight is 277 g/mol. The van der Waals surface area contributed by atoms with Crippen molar-refractivity contribution in [2.75, 3.05) is 13.2 Å². The molecule has 1 aromatic heterocycles. The highest BCUT2D eigenvalue weighted by atomic mass is 16.5. The first-order chi connectivity index (χ1) is 9.72. The van der Waals surface area contributed by atoms with Gasteiger partial charge in [0.25, 0.3) is 0 Å². The summed E-state index contributed by atoms with van der Waals surface area (Å²) < 4.78 is 8.22. The molecule has 2 unspecified atom stereocenters. The summed E-state index contributed by atoms with van der Waals surface area (Å²) in [6.45, 7) is 4.09. The van der Waals surface area contributed by atoms with E-state index in [0.29, 0.717) is 12.0 Å². The lowest BCUT2D eigenvalue weighted by molar-refractivity contribution is -0.0983. The largest absolute Gasteiger partial charge is 0.375 e. The summed E-state index contributed by atoms with van der Waals surface area (Å²) >= 11 is 0. The molecule has 0 bridgehead atoms. The van der Waals surface area contributed by atoms with Crippen LogP contribution in [0, 0.1) is 5.92 Å². The summed E-state index contributed by atoms with van der Waals surface area (Å²) in [4.78, 5) is 4.58. The quantitative estimate of drug-likeness (QED) is 0.920. The highest BCUT2D eigenvalue weighted by molar-refractivity contribution is 5.07. The Kier molecular flexibility index (Phi) is 4.13. The number of hydrogen-bond donors (Lipinski definition) is 1. The third-order valence-corrected chi connectivity index (χ3v) is 4.98. The topological polar surface area (TPSA) is 39.1 Å². The first-order valence-electron chi connectivity index (χ1n) is 8.08.